The highest BCUT2D eigenvalue weighted by Gasteiger charge is 2.29. The van der Waals surface area contributed by atoms with Crippen LogP contribution in [-0.2, 0) is 12.7 Å². The molecule has 142 valence electrons. The van der Waals surface area contributed by atoms with Crippen LogP contribution in [0.3, 0.4) is 0 Å². The van der Waals surface area contributed by atoms with Crippen LogP contribution in [0.15, 0.2) is 29.3 Å². The van der Waals surface area contributed by atoms with E-state index in [0.717, 1.165) is 43.9 Å². The molecule has 0 amide bonds. The number of alkyl halides is 3. The van der Waals surface area contributed by atoms with Crippen molar-refractivity contribution in [2.45, 2.75) is 32.0 Å². The molecule has 1 aliphatic rings. The van der Waals surface area contributed by atoms with E-state index in [1.807, 2.05) is 0 Å². The molecule has 2 N–H and O–H groups in total. The summed E-state index contributed by atoms with van der Waals surface area (Å²) in [6.07, 6.45) is -0.444. The maximum Gasteiger partial charge on any atom is 0.416 e. The van der Waals surface area contributed by atoms with Gasteiger partial charge in [-0.3, -0.25) is 4.99 Å². The number of benzene rings is 1. The van der Waals surface area contributed by atoms with Gasteiger partial charge in [-0.15, -0.1) is 24.0 Å². The van der Waals surface area contributed by atoms with E-state index in [4.69, 9.17) is 0 Å². The molecule has 0 spiro atoms. The van der Waals surface area contributed by atoms with Gasteiger partial charge in [0.25, 0.3) is 0 Å². The summed E-state index contributed by atoms with van der Waals surface area (Å²) in [5.74, 6) is 0.659. The molecule has 1 aromatic rings. The lowest BCUT2D eigenvalue weighted by molar-refractivity contribution is -0.137. The fourth-order valence-corrected chi connectivity index (χ4v) is 2.73. The lowest BCUT2D eigenvalue weighted by atomic mass is 10.1. The minimum atomic E-state index is -4.29. The first kappa shape index (κ1) is 22.0. The molecule has 0 atom stereocenters. The van der Waals surface area contributed by atoms with Crippen molar-refractivity contribution < 1.29 is 13.2 Å². The molecule has 0 aromatic heterocycles. The highest BCUT2D eigenvalue weighted by Crippen LogP contribution is 2.28. The topological polar surface area (TPSA) is 39.7 Å². The Morgan fingerprint density at radius 1 is 1.08 bits per heavy atom. The summed E-state index contributed by atoms with van der Waals surface area (Å²) in [6, 6.07) is 5.17. The molecule has 0 unspecified atom stereocenters. The third kappa shape index (κ3) is 7.81. The minimum absolute atomic E-state index is 0. The van der Waals surface area contributed by atoms with Crippen LogP contribution in [0.1, 0.15) is 30.4 Å². The van der Waals surface area contributed by atoms with Gasteiger partial charge < -0.3 is 15.5 Å². The van der Waals surface area contributed by atoms with Crippen LogP contribution >= 0.6 is 24.0 Å². The van der Waals surface area contributed by atoms with Gasteiger partial charge in [-0.1, -0.05) is 18.6 Å². The van der Waals surface area contributed by atoms with E-state index in [1.165, 1.54) is 31.4 Å². The molecule has 0 saturated carbocycles. The van der Waals surface area contributed by atoms with Crippen molar-refractivity contribution in [2.75, 3.05) is 33.2 Å². The monoisotopic (exact) mass is 470 g/mol. The fourth-order valence-electron chi connectivity index (χ4n) is 2.73. The number of aliphatic imine (C=N–C) groups is 1. The molecular formula is C17H26F3IN4. The van der Waals surface area contributed by atoms with E-state index in [1.54, 1.807) is 7.05 Å². The fraction of sp³-hybridized carbons (Fsp3) is 0.588. The smallest absolute Gasteiger partial charge is 0.355 e. The molecule has 25 heavy (non-hydrogen) atoms. The number of halogens is 4. The molecule has 2 rings (SSSR count). The minimum Gasteiger partial charge on any atom is -0.355 e. The molecule has 1 aromatic carbocycles. The van der Waals surface area contributed by atoms with Gasteiger partial charge in [0, 0.05) is 26.7 Å². The largest absolute Gasteiger partial charge is 0.416 e. The molecule has 0 radical (unpaired) electrons. The summed E-state index contributed by atoms with van der Waals surface area (Å²) in [4.78, 5) is 6.57. The Hall–Kier alpha value is -1.03. The number of hydrogen-bond donors (Lipinski definition) is 2. The van der Waals surface area contributed by atoms with Crippen molar-refractivity contribution in [3.05, 3.63) is 35.4 Å². The van der Waals surface area contributed by atoms with Crippen LogP contribution in [0, 0.1) is 0 Å². The van der Waals surface area contributed by atoms with Crippen LogP contribution < -0.4 is 10.6 Å². The predicted octanol–water partition coefficient (Wildman–Crippen LogP) is 3.47. The Bertz CT molecular complexity index is 526. The number of nitrogens with zero attached hydrogens (tertiary/aromatic N) is 2. The van der Waals surface area contributed by atoms with Gasteiger partial charge in [-0.25, -0.2) is 0 Å². The first-order chi connectivity index (χ1) is 11.5. The zero-order valence-electron chi connectivity index (χ0n) is 14.4. The number of guanidine groups is 1. The summed E-state index contributed by atoms with van der Waals surface area (Å²) < 4.78 is 37.6. The third-order valence-electron chi connectivity index (χ3n) is 4.13. The Labute approximate surface area is 164 Å². The molecule has 0 aliphatic carbocycles. The summed E-state index contributed by atoms with van der Waals surface area (Å²) in [5, 5.41) is 6.36. The Balaban J connectivity index is 0.00000312. The van der Waals surface area contributed by atoms with Gasteiger partial charge >= 0.3 is 6.18 Å². The van der Waals surface area contributed by atoms with Crippen LogP contribution in [0.25, 0.3) is 0 Å². The molecular weight excluding hydrogens is 444 g/mol. The van der Waals surface area contributed by atoms with Gasteiger partial charge in [0.2, 0.25) is 0 Å². The first-order valence-electron chi connectivity index (χ1n) is 8.32. The van der Waals surface area contributed by atoms with E-state index in [9.17, 15) is 13.2 Å². The van der Waals surface area contributed by atoms with Crippen LogP contribution in [0.4, 0.5) is 13.2 Å². The molecule has 1 saturated heterocycles. The Morgan fingerprint density at radius 3 is 2.28 bits per heavy atom. The number of nitrogens with one attached hydrogen (secondary N) is 2. The van der Waals surface area contributed by atoms with Crippen molar-refractivity contribution >= 4 is 29.9 Å². The van der Waals surface area contributed by atoms with Crippen LogP contribution in [0.2, 0.25) is 0 Å². The molecule has 1 aliphatic heterocycles. The van der Waals surface area contributed by atoms with E-state index in [0.29, 0.717) is 12.5 Å². The van der Waals surface area contributed by atoms with E-state index in [2.05, 4.69) is 20.5 Å². The molecule has 1 fully saturated rings. The lowest BCUT2D eigenvalue weighted by Crippen LogP contribution is -2.42. The summed E-state index contributed by atoms with van der Waals surface area (Å²) in [6.45, 7) is 4.51. The van der Waals surface area contributed by atoms with Gasteiger partial charge in [-0.2, -0.15) is 13.2 Å². The summed E-state index contributed by atoms with van der Waals surface area (Å²) in [5.41, 5.74) is 0.150. The number of likely N-dealkylation sites (tertiary alicyclic amines) is 1. The number of rotatable bonds is 5. The van der Waals surface area contributed by atoms with Crippen molar-refractivity contribution in [3.8, 4) is 0 Å². The normalized spacial score (nSPS) is 16.2. The van der Waals surface area contributed by atoms with Crippen molar-refractivity contribution in [1.82, 2.24) is 15.5 Å². The summed E-state index contributed by atoms with van der Waals surface area (Å²) >= 11 is 0. The van der Waals surface area contributed by atoms with Crippen LogP contribution in [-0.4, -0.2) is 44.1 Å². The van der Waals surface area contributed by atoms with Gasteiger partial charge in [0.1, 0.15) is 0 Å². The SMILES string of the molecule is CN=C(NCCN1CCCCC1)NCc1ccc(C(F)(F)F)cc1.I. The number of hydrogen-bond acceptors (Lipinski definition) is 2. The molecule has 4 nitrogen and oxygen atoms in total. The number of piperidine rings is 1. The first-order valence-corrected chi connectivity index (χ1v) is 8.32. The third-order valence-corrected chi connectivity index (χ3v) is 4.13. The second kappa shape index (κ2) is 10.8. The second-order valence-electron chi connectivity index (χ2n) is 5.95. The van der Waals surface area contributed by atoms with E-state index in [-0.39, 0.29) is 24.0 Å². The van der Waals surface area contributed by atoms with E-state index >= 15 is 0 Å². The zero-order valence-corrected chi connectivity index (χ0v) is 16.7. The van der Waals surface area contributed by atoms with Crippen molar-refractivity contribution in [2.24, 2.45) is 4.99 Å². The van der Waals surface area contributed by atoms with Gasteiger partial charge in [-0.05, 0) is 43.6 Å². The maximum absolute atomic E-state index is 12.5. The van der Waals surface area contributed by atoms with Crippen molar-refractivity contribution in [1.29, 1.82) is 0 Å². The average molecular weight is 470 g/mol. The van der Waals surface area contributed by atoms with Gasteiger partial charge in [0.15, 0.2) is 5.96 Å². The highest BCUT2D eigenvalue weighted by molar-refractivity contribution is 14.0. The van der Waals surface area contributed by atoms with Gasteiger partial charge in [0.05, 0.1) is 5.56 Å². The Kier molecular flexibility index (Phi) is 9.55. The maximum atomic E-state index is 12.5. The van der Waals surface area contributed by atoms with Crippen LogP contribution in [0.5, 0.6) is 0 Å². The predicted molar refractivity (Wildman–Crippen MR) is 105 cm³/mol. The highest BCUT2D eigenvalue weighted by atomic mass is 127. The second-order valence-corrected chi connectivity index (χ2v) is 5.95. The zero-order chi connectivity index (χ0) is 17.4. The molecule has 1 heterocycles. The quantitative estimate of drug-likeness (QED) is 0.394. The van der Waals surface area contributed by atoms with E-state index < -0.39 is 11.7 Å². The average Bonchev–Trinajstić information content (AvgIpc) is 2.58. The standard InChI is InChI=1S/C17H25F3N4.HI/c1-21-16(22-9-12-24-10-3-2-4-11-24)23-13-14-5-7-15(8-6-14)17(18,19)20;/h5-8H,2-4,9-13H2,1H3,(H2,21,22,23);1H. The Morgan fingerprint density at radius 2 is 1.72 bits per heavy atom. The summed E-state index contributed by atoms with van der Waals surface area (Å²) in [7, 11) is 1.68. The van der Waals surface area contributed by atoms with Crippen molar-refractivity contribution in [3.63, 3.8) is 0 Å². The lowest BCUT2D eigenvalue weighted by Gasteiger charge is -2.26. The molecule has 0 bridgehead atoms. The molecule has 8 heteroatoms.